The lowest BCUT2D eigenvalue weighted by atomic mass is 10.1. The van der Waals surface area contributed by atoms with Crippen molar-refractivity contribution >= 4 is 5.97 Å². The van der Waals surface area contributed by atoms with E-state index in [2.05, 4.69) is 4.90 Å². The smallest absolute Gasteiger partial charge is 0.308 e. The van der Waals surface area contributed by atoms with Crippen molar-refractivity contribution in [1.29, 1.82) is 0 Å². The summed E-state index contributed by atoms with van der Waals surface area (Å²) in [5.74, 6) is 0.126. The zero-order valence-electron chi connectivity index (χ0n) is 10.4. The Balaban J connectivity index is 2.02. The van der Waals surface area contributed by atoms with E-state index in [1.165, 1.54) is 13.0 Å². The van der Waals surface area contributed by atoms with Gasteiger partial charge in [-0.3, -0.25) is 9.69 Å². The first kappa shape index (κ1) is 12.9. The molecule has 1 aromatic rings. The summed E-state index contributed by atoms with van der Waals surface area (Å²) in [7, 11) is 0. The summed E-state index contributed by atoms with van der Waals surface area (Å²) in [6.07, 6.45) is 0. The van der Waals surface area contributed by atoms with Gasteiger partial charge in [-0.25, -0.2) is 0 Å². The van der Waals surface area contributed by atoms with Crippen LogP contribution in [0.3, 0.4) is 0 Å². The van der Waals surface area contributed by atoms with E-state index in [0.717, 1.165) is 31.9 Å². The molecule has 0 radical (unpaired) electrons. The van der Waals surface area contributed by atoms with E-state index >= 15 is 0 Å². The monoisotopic (exact) mass is 251 g/mol. The van der Waals surface area contributed by atoms with E-state index in [0.29, 0.717) is 12.3 Å². The molecule has 0 saturated carbocycles. The number of rotatable bonds is 3. The maximum atomic E-state index is 10.8. The van der Waals surface area contributed by atoms with Crippen LogP contribution in [0.5, 0.6) is 11.5 Å². The Morgan fingerprint density at radius 3 is 2.78 bits per heavy atom. The number of aromatic hydroxyl groups is 1. The van der Waals surface area contributed by atoms with E-state index in [1.807, 2.05) is 0 Å². The van der Waals surface area contributed by atoms with Crippen molar-refractivity contribution < 1.29 is 19.4 Å². The second kappa shape index (κ2) is 5.84. The highest BCUT2D eigenvalue weighted by molar-refractivity contribution is 5.69. The average Bonchev–Trinajstić information content (AvgIpc) is 2.33. The molecule has 0 atom stereocenters. The van der Waals surface area contributed by atoms with Crippen molar-refractivity contribution in [3.63, 3.8) is 0 Å². The number of hydrogen-bond donors (Lipinski definition) is 1. The number of phenolic OH excluding ortho intramolecular Hbond substituents is 1. The van der Waals surface area contributed by atoms with E-state index in [9.17, 15) is 9.90 Å². The number of esters is 1. The Bertz CT molecular complexity index is 427. The molecule has 5 heteroatoms. The van der Waals surface area contributed by atoms with Gasteiger partial charge in [-0.2, -0.15) is 0 Å². The first-order valence-electron chi connectivity index (χ1n) is 5.95. The van der Waals surface area contributed by atoms with Crippen molar-refractivity contribution in [2.24, 2.45) is 0 Å². The van der Waals surface area contributed by atoms with Gasteiger partial charge < -0.3 is 14.6 Å². The van der Waals surface area contributed by atoms with Gasteiger partial charge in [0.05, 0.1) is 13.2 Å². The average molecular weight is 251 g/mol. The standard InChI is InChI=1S/C13H17NO4/c1-10(15)18-12-3-2-11(13(16)8-12)9-14-4-6-17-7-5-14/h2-3,8,16H,4-7,9H2,1H3. The normalized spacial score (nSPS) is 16.5. The Hall–Kier alpha value is -1.59. The summed E-state index contributed by atoms with van der Waals surface area (Å²) in [6, 6.07) is 4.94. The molecule has 98 valence electrons. The summed E-state index contributed by atoms with van der Waals surface area (Å²) in [5.41, 5.74) is 0.827. The highest BCUT2D eigenvalue weighted by Gasteiger charge is 2.13. The zero-order chi connectivity index (χ0) is 13.0. The number of morpholine rings is 1. The molecule has 1 aliphatic rings. The molecule has 0 aliphatic carbocycles. The van der Waals surface area contributed by atoms with Crippen molar-refractivity contribution in [2.45, 2.75) is 13.5 Å². The van der Waals surface area contributed by atoms with Crippen LogP contribution in [0.15, 0.2) is 18.2 Å². The number of phenols is 1. The quantitative estimate of drug-likeness (QED) is 0.645. The largest absolute Gasteiger partial charge is 0.507 e. The molecule has 18 heavy (non-hydrogen) atoms. The number of carbonyl (C=O) groups excluding carboxylic acids is 1. The Labute approximate surface area is 106 Å². The summed E-state index contributed by atoms with van der Waals surface area (Å²) in [5, 5.41) is 9.89. The molecule has 1 heterocycles. The number of benzene rings is 1. The number of ether oxygens (including phenoxy) is 2. The van der Waals surface area contributed by atoms with E-state index < -0.39 is 5.97 Å². The van der Waals surface area contributed by atoms with Crippen LogP contribution in [0.2, 0.25) is 0 Å². The van der Waals surface area contributed by atoms with Crippen molar-refractivity contribution in [3.05, 3.63) is 23.8 Å². The van der Waals surface area contributed by atoms with Crippen LogP contribution >= 0.6 is 0 Å². The lowest BCUT2D eigenvalue weighted by Crippen LogP contribution is -2.35. The number of hydrogen-bond acceptors (Lipinski definition) is 5. The second-order valence-electron chi connectivity index (χ2n) is 4.27. The molecule has 5 nitrogen and oxygen atoms in total. The Morgan fingerprint density at radius 1 is 1.44 bits per heavy atom. The predicted molar refractivity (Wildman–Crippen MR) is 65.5 cm³/mol. The van der Waals surface area contributed by atoms with Gasteiger partial charge in [0.1, 0.15) is 11.5 Å². The minimum atomic E-state index is -0.393. The highest BCUT2D eigenvalue weighted by Crippen LogP contribution is 2.25. The van der Waals surface area contributed by atoms with Crippen molar-refractivity contribution in [2.75, 3.05) is 26.3 Å². The third kappa shape index (κ3) is 3.45. The molecule has 0 spiro atoms. The first-order chi connectivity index (χ1) is 8.65. The summed E-state index contributed by atoms with van der Waals surface area (Å²) < 4.78 is 10.2. The summed E-state index contributed by atoms with van der Waals surface area (Å²) in [6.45, 7) is 5.20. The number of carbonyl (C=O) groups is 1. The van der Waals surface area contributed by atoms with Crippen LogP contribution in [0.25, 0.3) is 0 Å². The molecular formula is C13H17NO4. The fourth-order valence-electron chi connectivity index (χ4n) is 1.91. The Kier molecular flexibility index (Phi) is 4.17. The van der Waals surface area contributed by atoms with Gasteiger partial charge in [0.25, 0.3) is 0 Å². The zero-order valence-corrected chi connectivity index (χ0v) is 10.4. The predicted octanol–water partition coefficient (Wildman–Crippen LogP) is 1.15. The first-order valence-corrected chi connectivity index (χ1v) is 5.95. The molecule has 1 saturated heterocycles. The number of nitrogens with zero attached hydrogens (tertiary/aromatic N) is 1. The van der Waals surface area contributed by atoms with Crippen molar-refractivity contribution in [1.82, 2.24) is 4.90 Å². The molecule has 1 fully saturated rings. The third-order valence-electron chi connectivity index (χ3n) is 2.82. The topological polar surface area (TPSA) is 59.0 Å². The summed E-state index contributed by atoms with van der Waals surface area (Å²) in [4.78, 5) is 13.0. The highest BCUT2D eigenvalue weighted by atomic mass is 16.5. The Morgan fingerprint density at radius 2 is 2.17 bits per heavy atom. The SMILES string of the molecule is CC(=O)Oc1ccc(CN2CCOCC2)c(O)c1. The van der Waals surface area contributed by atoms with E-state index in [4.69, 9.17) is 9.47 Å². The van der Waals surface area contributed by atoms with Gasteiger partial charge in [0, 0.05) is 38.2 Å². The third-order valence-corrected chi connectivity index (χ3v) is 2.82. The molecule has 2 rings (SSSR count). The minimum Gasteiger partial charge on any atom is -0.507 e. The van der Waals surface area contributed by atoms with E-state index in [-0.39, 0.29) is 5.75 Å². The van der Waals surface area contributed by atoms with Crippen LogP contribution in [0.4, 0.5) is 0 Å². The van der Waals surface area contributed by atoms with Gasteiger partial charge in [0.2, 0.25) is 0 Å². The van der Waals surface area contributed by atoms with Gasteiger partial charge in [-0.1, -0.05) is 6.07 Å². The van der Waals surface area contributed by atoms with Crippen LogP contribution in [-0.4, -0.2) is 42.3 Å². The van der Waals surface area contributed by atoms with Crippen LogP contribution in [-0.2, 0) is 16.1 Å². The lowest BCUT2D eigenvalue weighted by molar-refractivity contribution is -0.131. The molecule has 0 unspecified atom stereocenters. The minimum absolute atomic E-state index is 0.153. The maximum absolute atomic E-state index is 10.8. The van der Waals surface area contributed by atoms with Crippen LogP contribution in [0, 0.1) is 0 Å². The molecular weight excluding hydrogens is 234 g/mol. The molecule has 1 aromatic carbocycles. The van der Waals surface area contributed by atoms with E-state index in [1.54, 1.807) is 12.1 Å². The van der Waals surface area contributed by atoms with Crippen LogP contribution in [0.1, 0.15) is 12.5 Å². The van der Waals surface area contributed by atoms with Gasteiger partial charge in [-0.15, -0.1) is 0 Å². The molecule has 1 N–H and O–H groups in total. The fraction of sp³-hybridized carbons (Fsp3) is 0.462. The molecule has 0 bridgehead atoms. The molecule has 1 aliphatic heterocycles. The van der Waals surface area contributed by atoms with Gasteiger partial charge >= 0.3 is 5.97 Å². The second-order valence-corrected chi connectivity index (χ2v) is 4.27. The van der Waals surface area contributed by atoms with Crippen LogP contribution < -0.4 is 4.74 Å². The lowest BCUT2D eigenvalue weighted by Gasteiger charge is -2.26. The van der Waals surface area contributed by atoms with Crippen molar-refractivity contribution in [3.8, 4) is 11.5 Å². The fourth-order valence-corrected chi connectivity index (χ4v) is 1.91. The van der Waals surface area contributed by atoms with Gasteiger partial charge in [-0.05, 0) is 6.07 Å². The summed E-state index contributed by atoms with van der Waals surface area (Å²) >= 11 is 0. The maximum Gasteiger partial charge on any atom is 0.308 e. The van der Waals surface area contributed by atoms with Gasteiger partial charge in [0.15, 0.2) is 0 Å². The molecule has 0 amide bonds. The molecule has 0 aromatic heterocycles.